The lowest BCUT2D eigenvalue weighted by molar-refractivity contribution is 0.102. The second-order valence-corrected chi connectivity index (χ2v) is 9.48. The molecule has 0 spiro atoms. The number of carbonyl (C=O) groups is 1. The normalized spacial score (nSPS) is 15.9. The summed E-state index contributed by atoms with van der Waals surface area (Å²) in [6, 6.07) is 8.84. The van der Waals surface area contributed by atoms with Crippen molar-refractivity contribution in [2.45, 2.75) is 33.2 Å². The molecule has 0 unspecified atom stereocenters. The molecular formula is C20H23N5O3S. The SMILES string of the molecule is Cc1nc2c(cnn2C(C)C)cc1C(=O)Nc1cccc(N2CCCS2(=O)=O)c1. The van der Waals surface area contributed by atoms with Crippen molar-refractivity contribution in [3.8, 4) is 0 Å². The van der Waals surface area contributed by atoms with Crippen molar-refractivity contribution >= 4 is 38.3 Å². The van der Waals surface area contributed by atoms with E-state index in [1.165, 1.54) is 4.31 Å². The fraction of sp³-hybridized carbons (Fsp3) is 0.350. The number of pyridine rings is 1. The van der Waals surface area contributed by atoms with Gasteiger partial charge in [-0.25, -0.2) is 18.1 Å². The van der Waals surface area contributed by atoms with Crippen molar-refractivity contribution in [2.24, 2.45) is 0 Å². The second kappa shape index (κ2) is 7.14. The van der Waals surface area contributed by atoms with E-state index in [9.17, 15) is 13.2 Å². The average molecular weight is 414 g/mol. The number of anilines is 2. The van der Waals surface area contributed by atoms with E-state index < -0.39 is 10.0 Å². The Hall–Kier alpha value is -2.94. The Bertz CT molecular complexity index is 1200. The topological polar surface area (TPSA) is 97.2 Å². The Morgan fingerprint density at radius 3 is 2.72 bits per heavy atom. The third-order valence-electron chi connectivity index (χ3n) is 4.98. The minimum atomic E-state index is -3.27. The van der Waals surface area contributed by atoms with Crippen LogP contribution < -0.4 is 9.62 Å². The summed E-state index contributed by atoms with van der Waals surface area (Å²) in [6.45, 7) is 6.30. The van der Waals surface area contributed by atoms with Crippen LogP contribution in [0.2, 0.25) is 0 Å². The molecule has 1 fully saturated rings. The van der Waals surface area contributed by atoms with Crippen molar-refractivity contribution in [2.75, 3.05) is 21.9 Å². The zero-order valence-electron chi connectivity index (χ0n) is 16.6. The van der Waals surface area contributed by atoms with Gasteiger partial charge in [0, 0.05) is 23.7 Å². The number of nitrogens with one attached hydrogen (secondary N) is 1. The minimum Gasteiger partial charge on any atom is -0.322 e. The Kier molecular flexibility index (Phi) is 4.77. The molecule has 1 amide bonds. The molecule has 1 aromatic carbocycles. The zero-order valence-corrected chi connectivity index (χ0v) is 17.4. The van der Waals surface area contributed by atoms with Crippen LogP contribution in [0.1, 0.15) is 42.4 Å². The Morgan fingerprint density at radius 1 is 1.24 bits per heavy atom. The number of rotatable bonds is 4. The van der Waals surface area contributed by atoms with Crippen molar-refractivity contribution in [1.29, 1.82) is 0 Å². The van der Waals surface area contributed by atoms with Gasteiger partial charge in [0.15, 0.2) is 5.65 Å². The summed E-state index contributed by atoms with van der Waals surface area (Å²) < 4.78 is 27.5. The highest BCUT2D eigenvalue weighted by Crippen LogP contribution is 2.27. The molecular weight excluding hydrogens is 390 g/mol. The van der Waals surface area contributed by atoms with Gasteiger partial charge in [-0.15, -0.1) is 0 Å². The summed E-state index contributed by atoms with van der Waals surface area (Å²) in [5, 5.41) is 8.00. The lowest BCUT2D eigenvalue weighted by atomic mass is 10.1. The van der Waals surface area contributed by atoms with Crippen LogP contribution in [0, 0.1) is 6.92 Å². The summed E-state index contributed by atoms with van der Waals surface area (Å²) in [5.74, 6) is -0.144. The first-order chi connectivity index (χ1) is 13.8. The van der Waals surface area contributed by atoms with Crippen LogP contribution in [0.15, 0.2) is 36.5 Å². The summed E-state index contributed by atoms with van der Waals surface area (Å²) in [5.41, 5.74) is 2.90. The van der Waals surface area contributed by atoms with Crippen LogP contribution in [-0.2, 0) is 10.0 Å². The molecule has 0 atom stereocenters. The van der Waals surface area contributed by atoms with Gasteiger partial charge in [0.25, 0.3) is 5.91 Å². The first-order valence-electron chi connectivity index (χ1n) is 9.53. The third-order valence-corrected chi connectivity index (χ3v) is 6.85. The van der Waals surface area contributed by atoms with E-state index in [1.54, 1.807) is 43.5 Å². The molecule has 3 aromatic rings. The molecule has 8 nitrogen and oxygen atoms in total. The van der Waals surface area contributed by atoms with Crippen molar-refractivity contribution in [1.82, 2.24) is 14.8 Å². The van der Waals surface area contributed by atoms with E-state index in [4.69, 9.17) is 0 Å². The van der Waals surface area contributed by atoms with Crippen LogP contribution >= 0.6 is 0 Å². The number of amides is 1. The lowest BCUT2D eigenvalue weighted by Gasteiger charge is -2.18. The number of hydrogen-bond acceptors (Lipinski definition) is 5. The van der Waals surface area contributed by atoms with Gasteiger partial charge < -0.3 is 5.32 Å². The van der Waals surface area contributed by atoms with Gasteiger partial charge in [0.2, 0.25) is 10.0 Å². The standard InChI is InChI=1S/C20H23N5O3S/c1-13(2)25-19-15(12-21-25)10-18(14(3)22-19)20(26)23-16-6-4-7-17(11-16)24-8-5-9-29(24,27)28/h4,6-7,10-13H,5,8-9H2,1-3H3,(H,23,26). The monoisotopic (exact) mass is 413 g/mol. The molecule has 1 aliphatic heterocycles. The molecule has 152 valence electrons. The van der Waals surface area contributed by atoms with Gasteiger partial charge in [-0.3, -0.25) is 9.10 Å². The number of fused-ring (bicyclic) bond motifs is 1. The predicted molar refractivity (Wildman–Crippen MR) is 113 cm³/mol. The van der Waals surface area contributed by atoms with E-state index >= 15 is 0 Å². The van der Waals surface area contributed by atoms with Gasteiger partial charge >= 0.3 is 0 Å². The molecule has 0 saturated carbocycles. The lowest BCUT2D eigenvalue weighted by Crippen LogP contribution is -2.25. The van der Waals surface area contributed by atoms with Gasteiger partial charge in [-0.2, -0.15) is 5.10 Å². The van der Waals surface area contributed by atoms with Crippen molar-refractivity contribution in [3.05, 3.63) is 47.8 Å². The fourth-order valence-electron chi connectivity index (χ4n) is 3.54. The summed E-state index contributed by atoms with van der Waals surface area (Å²) in [7, 11) is -3.27. The number of sulfonamides is 1. The Balaban J connectivity index is 1.62. The highest BCUT2D eigenvalue weighted by atomic mass is 32.2. The molecule has 4 rings (SSSR count). The smallest absolute Gasteiger partial charge is 0.257 e. The Morgan fingerprint density at radius 2 is 2.03 bits per heavy atom. The Labute approximate surface area is 169 Å². The number of hydrogen-bond donors (Lipinski definition) is 1. The molecule has 1 N–H and O–H groups in total. The van der Waals surface area contributed by atoms with Crippen molar-refractivity contribution < 1.29 is 13.2 Å². The van der Waals surface area contributed by atoms with E-state index in [0.717, 1.165) is 11.0 Å². The van der Waals surface area contributed by atoms with Crippen LogP contribution in [0.25, 0.3) is 11.0 Å². The summed E-state index contributed by atoms with van der Waals surface area (Å²) in [6.07, 6.45) is 2.31. The maximum absolute atomic E-state index is 12.9. The number of nitrogens with zero attached hydrogens (tertiary/aromatic N) is 4. The zero-order chi connectivity index (χ0) is 20.8. The van der Waals surface area contributed by atoms with Gasteiger partial charge in [0.1, 0.15) is 0 Å². The largest absolute Gasteiger partial charge is 0.322 e. The maximum atomic E-state index is 12.9. The molecule has 1 aliphatic rings. The van der Waals surface area contributed by atoms with E-state index in [1.807, 2.05) is 18.5 Å². The van der Waals surface area contributed by atoms with Crippen LogP contribution in [0.5, 0.6) is 0 Å². The summed E-state index contributed by atoms with van der Waals surface area (Å²) >= 11 is 0. The second-order valence-electron chi connectivity index (χ2n) is 7.46. The van der Waals surface area contributed by atoms with Crippen LogP contribution in [0.4, 0.5) is 11.4 Å². The first-order valence-corrected chi connectivity index (χ1v) is 11.1. The first kappa shape index (κ1) is 19.4. The minimum absolute atomic E-state index is 0.151. The maximum Gasteiger partial charge on any atom is 0.257 e. The third kappa shape index (κ3) is 3.57. The fourth-order valence-corrected chi connectivity index (χ4v) is 5.10. The van der Waals surface area contributed by atoms with Gasteiger partial charge in [0.05, 0.1) is 28.9 Å². The number of benzene rings is 1. The van der Waals surface area contributed by atoms with E-state index in [-0.39, 0.29) is 17.7 Å². The summed E-state index contributed by atoms with van der Waals surface area (Å²) in [4.78, 5) is 17.4. The number of carbonyl (C=O) groups excluding carboxylic acids is 1. The van der Waals surface area contributed by atoms with E-state index in [0.29, 0.717) is 35.6 Å². The molecule has 1 saturated heterocycles. The number of aryl methyl sites for hydroxylation is 1. The number of aromatic nitrogens is 3. The highest BCUT2D eigenvalue weighted by molar-refractivity contribution is 7.93. The molecule has 0 radical (unpaired) electrons. The van der Waals surface area contributed by atoms with Gasteiger partial charge in [-0.05, 0) is 51.5 Å². The molecule has 2 aromatic heterocycles. The van der Waals surface area contributed by atoms with Crippen LogP contribution in [-0.4, -0.2) is 41.4 Å². The van der Waals surface area contributed by atoms with Gasteiger partial charge in [-0.1, -0.05) is 6.07 Å². The molecule has 9 heteroatoms. The quantitative estimate of drug-likeness (QED) is 0.709. The van der Waals surface area contributed by atoms with Crippen LogP contribution in [0.3, 0.4) is 0 Å². The molecule has 0 bridgehead atoms. The molecule has 0 aliphatic carbocycles. The average Bonchev–Trinajstić information content (AvgIpc) is 3.23. The van der Waals surface area contributed by atoms with Crippen molar-refractivity contribution in [3.63, 3.8) is 0 Å². The highest BCUT2D eigenvalue weighted by Gasteiger charge is 2.28. The molecule has 3 heterocycles. The molecule has 29 heavy (non-hydrogen) atoms. The van der Waals surface area contributed by atoms with E-state index in [2.05, 4.69) is 15.4 Å². The predicted octanol–water partition coefficient (Wildman–Crippen LogP) is 3.11.